The molecule has 1 N–H and O–H groups in total. The van der Waals surface area contributed by atoms with E-state index in [4.69, 9.17) is 0 Å². The molecule has 2 aromatic heterocycles. The largest absolute Gasteiger partial charge is 0.263 e. The Balaban J connectivity index is 1.89. The van der Waals surface area contributed by atoms with Gasteiger partial charge < -0.3 is 0 Å². The maximum Gasteiger partial charge on any atom is 0.263 e. The van der Waals surface area contributed by atoms with Crippen molar-refractivity contribution >= 4 is 26.7 Å². The summed E-state index contributed by atoms with van der Waals surface area (Å²) in [7, 11) is -4.13. The number of nitrogens with one attached hydrogen (secondary N) is 1. The number of halogens is 2. The van der Waals surface area contributed by atoms with Crippen molar-refractivity contribution in [1.29, 1.82) is 0 Å². The standard InChI is InChI=1S/C23H22F2N4O2S/c1-23(2,3)20-13-12-16-17(26-20)10-7-11-19(16)29-22(21(25)18(14-24)27-29)28-32(30,31)15-8-5-4-6-9-15/h4-13,28H,14H2,1-3H3. The molecule has 0 radical (unpaired) electrons. The van der Waals surface area contributed by atoms with Crippen molar-refractivity contribution in [3.05, 3.63) is 77.9 Å². The maximum absolute atomic E-state index is 15.0. The van der Waals surface area contributed by atoms with Gasteiger partial charge in [-0.25, -0.2) is 21.9 Å². The number of sulfonamides is 1. The molecule has 0 amide bonds. The van der Waals surface area contributed by atoms with Gasteiger partial charge in [0.1, 0.15) is 12.4 Å². The van der Waals surface area contributed by atoms with Gasteiger partial charge in [0.2, 0.25) is 0 Å². The van der Waals surface area contributed by atoms with Crippen LogP contribution in [0.15, 0.2) is 65.6 Å². The van der Waals surface area contributed by atoms with Crippen molar-refractivity contribution in [1.82, 2.24) is 14.8 Å². The lowest BCUT2D eigenvalue weighted by molar-refractivity contribution is 0.455. The molecule has 0 spiro atoms. The second kappa shape index (κ2) is 7.98. The summed E-state index contributed by atoms with van der Waals surface area (Å²) in [6.45, 7) is 4.93. The smallest absolute Gasteiger partial charge is 0.261 e. The Morgan fingerprint density at radius 1 is 1.00 bits per heavy atom. The molecule has 0 bridgehead atoms. The maximum atomic E-state index is 15.0. The van der Waals surface area contributed by atoms with Crippen LogP contribution in [-0.4, -0.2) is 23.2 Å². The van der Waals surface area contributed by atoms with Crippen LogP contribution in [0.4, 0.5) is 14.6 Å². The number of fused-ring (bicyclic) bond motifs is 1. The van der Waals surface area contributed by atoms with E-state index in [2.05, 4.69) is 14.8 Å². The fourth-order valence-corrected chi connectivity index (χ4v) is 4.38. The topological polar surface area (TPSA) is 76.9 Å². The molecule has 9 heteroatoms. The van der Waals surface area contributed by atoms with E-state index in [1.807, 2.05) is 32.9 Å². The number of pyridine rings is 1. The number of nitrogens with zero attached hydrogens (tertiary/aromatic N) is 3. The zero-order chi connectivity index (χ0) is 23.1. The lowest BCUT2D eigenvalue weighted by atomic mass is 9.91. The van der Waals surface area contributed by atoms with Crippen LogP contribution in [0, 0.1) is 5.82 Å². The fourth-order valence-electron chi connectivity index (χ4n) is 3.32. The highest BCUT2D eigenvalue weighted by Gasteiger charge is 2.25. The molecule has 2 heterocycles. The summed E-state index contributed by atoms with van der Waals surface area (Å²) >= 11 is 0. The highest BCUT2D eigenvalue weighted by Crippen LogP contribution is 2.31. The summed E-state index contributed by atoms with van der Waals surface area (Å²) < 4.78 is 57.4. The van der Waals surface area contributed by atoms with E-state index < -0.39 is 34.0 Å². The minimum Gasteiger partial charge on any atom is -0.261 e. The lowest BCUT2D eigenvalue weighted by Gasteiger charge is -2.19. The number of anilines is 1. The number of rotatable bonds is 5. The predicted molar refractivity (Wildman–Crippen MR) is 120 cm³/mol. The first-order valence-electron chi connectivity index (χ1n) is 9.93. The van der Waals surface area contributed by atoms with Gasteiger partial charge in [0.05, 0.1) is 16.1 Å². The third kappa shape index (κ3) is 3.95. The minimum absolute atomic E-state index is 0.0525. The quantitative estimate of drug-likeness (QED) is 0.452. The molecule has 2 aromatic carbocycles. The normalized spacial score (nSPS) is 12.3. The van der Waals surface area contributed by atoms with Crippen LogP contribution < -0.4 is 4.72 Å². The van der Waals surface area contributed by atoms with Gasteiger partial charge in [-0.2, -0.15) is 5.10 Å². The molecule has 0 saturated heterocycles. The van der Waals surface area contributed by atoms with E-state index in [0.29, 0.717) is 16.6 Å². The van der Waals surface area contributed by atoms with E-state index in [9.17, 15) is 17.2 Å². The van der Waals surface area contributed by atoms with E-state index in [0.717, 1.165) is 10.4 Å². The van der Waals surface area contributed by atoms with Crippen molar-refractivity contribution in [3.63, 3.8) is 0 Å². The van der Waals surface area contributed by atoms with Gasteiger partial charge in [-0.05, 0) is 36.4 Å². The first-order chi connectivity index (χ1) is 15.1. The third-order valence-corrected chi connectivity index (χ3v) is 6.37. The van der Waals surface area contributed by atoms with E-state index in [1.54, 1.807) is 36.4 Å². The first kappa shape index (κ1) is 21.9. The second-order valence-corrected chi connectivity index (χ2v) is 10.0. The molecule has 0 aliphatic rings. The van der Waals surface area contributed by atoms with Crippen molar-refractivity contribution in [3.8, 4) is 5.69 Å². The zero-order valence-corrected chi connectivity index (χ0v) is 18.6. The summed E-state index contributed by atoms with van der Waals surface area (Å²) in [5.41, 5.74) is 1.19. The predicted octanol–water partition coefficient (Wildman–Crippen LogP) is 5.13. The summed E-state index contributed by atoms with van der Waals surface area (Å²) in [5.74, 6) is -1.53. The van der Waals surface area contributed by atoms with Gasteiger partial charge in [0.25, 0.3) is 10.0 Å². The number of hydrogen-bond donors (Lipinski definition) is 1. The summed E-state index contributed by atoms with van der Waals surface area (Å²) in [6.07, 6.45) is 0. The Morgan fingerprint density at radius 3 is 2.38 bits per heavy atom. The zero-order valence-electron chi connectivity index (χ0n) is 17.8. The van der Waals surface area contributed by atoms with E-state index >= 15 is 0 Å². The van der Waals surface area contributed by atoms with Crippen LogP contribution in [0.3, 0.4) is 0 Å². The molecule has 0 saturated carbocycles. The number of aromatic nitrogens is 3. The monoisotopic (exact) mass is 456 g/mol. The van der Waals surface area contributed by atoms with Gasteiger partial charge in [-0.15, -0.1) is 0 Å². The van der Waals surface area contributed by atoms with Gasteiger partial charge in [0, 0.05) is 16.5 Å². The van der Waals surface area contributed by atoms with Crippen LogP contribution in [-0.2, 0) is 22.1 Å². The Labute approximate surface area is 185 Å². The molecule has 0 aliphatic carbocycles. The average molecular weight is 457 g/mol. The SMILES string of the molecule is CC(C)(C)c1ccc2c(-n3nc(CF)c(F)c3NS(=O)(=O)c3ccccc3)cccc2n1. The molecule has 4 aromatic rings. The minimum atomic E-state index is -4.13. The Morgan fingerprint density at radius 2 is 1.72 bits per heavy atom. The molecule has 166 valence electrons. The molecule has 0 aliphatic heterocycles. The molecular formula is C23H22F2N4O2S. The lowest BCUT2D eigenvalue weighted by Crippen LogP contribution is -2.17. The Kier molecular flexibility index (Phi) is 5.46. The van der Waals surface area contributed by atoms with Gasteiger partial charge in [-0.1, -0.05) is 45.0 Å². The van der Waals surface area contributed by atoms with Crippen molar-refractivity contribution in [2.45, 2.75) is 37.8 Å². The first-order valence-corrected chi connectivity index (χ1v) is 11.4. The Hall–Kier alpha value is -3.33. The van der Waals surface area contributed by atoms with Crippen LogP contribution in [0.5, 0.6) is 0 Å². The number of benzene rings is 2. The van der Waals surface area contributed by atoms with E-state index in [1.165, 1.54) is 12.1 Å². The third-order valence-electron chi connectivity index (χ3n) is 5.01. The highest BCUT2D eigenvalue weighted by molar-refractivity contribution is 7.92. The molecule has 4 rings (SSSR count). The molecule has 0 fully saturated rings. The highest BCUT2D eigenvalue weighted by atomic mass is 32.2. The van der Waals surface area contributed by atoms with Gasteiger partial charge in [0.15, 0.2) is 11.6 Å². The summed E-state index contributed by atoms with van der Waals surface area (Å²) in [5, 5.41) is 4.63. The van der Waals surface area contributed by atoms with Crippen molar-refractivity contribution < 1.29 is 17.2 Å². The van der Waals surface area contributed by atoms with Crippen LogP contribution in [0.25, 0.3) is 16.6 Å². The number of alkyl halides is 1. The second-order valence-electron chi connectivity index (χ2n) is 8.36. The molecule has 0 unspecified atom stereocenters. The van der Waals surface area contributed by atoms with E-state index in [-0.39, 0.29) is 10.3 Å². The summed E-state index contributed by atoms with van der Waals surface area (Å²) in [4.78, 5) is 4.63. The molecule has 32 heavy (non-hydrogen) atoms. The molecule has 6 nitrogen and oxygen atoms in total. The number of hydrogen-bond acceptors (Lipinski definition) is 4. The van der Waals surface area contributed by atoms with Crippen molar-refractivity contribution in [2.75, 3.05) is 4.72 Å². The average Bonchev–Trinajstić information content (AvgIpc) is 3.07. The molecule has 0 atom stereocenters. The van der Waals surface area contributed by atoms with Crippen LogP contribution in [0.2, 0.25) is 0 Å². The van der Waals surface area contributed by atoms with Crippen LogP contribution >= 0.6 is 0 Å². The van der Waals surface area contributed by atoms with Gasteiger partial charge >= 0.3 is 0 Å². The Bertz CT molecular complexity index is 1400. The van der Waals surface area contributed by atoms with Gasteiger partial charge in [-0.3, -0.25) is 9.71 Å². The van der Waals surface area contributed by atoms with Crippen molar-refractivity contribution in [2.24, 2.45) is 0 Å². The summed E-state index contributed by atoms with van der Waals surface area (Å²) in [6, 6.07) is 16.4. The molecular weight excluding hydrogens is 434 g/mol. The fraction of sp³-hybridized carbons (Fsp3) is 0.217. The van der Waals surface area contributed by atoms with Crippen LogP contribution in [0.1, 0.15) is 32.2 Å².